The summed E-state index contributed by atoms with van der Waals surface area (Å²) in [6.07, 6.45) is 66.8. The van der Waals surface area contributed by atoms with E-state index in [-0.39, 0.29) is 25.7 Å². The number of rotatable bonds is 84. The number of esters is 4. The molecule has 0 aliphatic heterocycles. The summed E-state index contributed by atoms with van der Waals surface area (Å²) in [7, 11) is -9.92. The summed E-state index contributed by atoms with van der Waals surface area (Å²) in [6.45, 7) is 12.1. The van der Waals surface area contributed by atoms with E-state index in [1.807, 2.05) is 0 Å². The maximum Gasteiger partial charge on any atom is 0.472 e. The van der Waals surface area contributed by atoms with Crippen molar-refractivity contribution < 1.29 is 80.2 Å². The molecule has 0 aromatic carbocycles. The summed E-state index contributed by atoms with van der Waals surface area (Å²) < 4.78 is 68.8. The summed E-state index contributed by atoms with van der Waals surface area (Å²) >= 11 is 0. The molecule has 0 rings (SSSR count). The van der Waals surface area contributed by atoms with Gasteiger partial charge in [0.15, 0.2) is 12.2 Å². The molecule has 3 N–H and O–H groups in total. The van der Waals surface area contributed by atoms with E-state index in [9.17, 15) is 43.2 Å². The van der Waals surface area contributed by atoms with Crippen LogP contribution in [0.1, 0.15) is 453 Å². The van der Waals surface area contributed by atoms with Crippen LogP contribution in [0.25, 0.3) is 0 Å². The molecule has 0 aromatic rings. The second-order valence-corrected chi connectivity index (χ2v) is 35.0. The van der Waals surface area contributed by atoms with Crippen molar-refractivity contribution in [2.24, 2.45) is 17.8 Å². The topological polar surface area (TPSA) is 237 Å². The first-order chi connectivity index (χ1) is 50.8. The SMILES string of the molecule is CCCCCCCCCC(=O)OC[C@H](COP(=O)(O)OC[C@H](O)COP(=O)(O)OC[C@@H](COC(=O)CCCCCCCCCCCCCCCCCC(C)C)OC(=O)CCCCCCCCCCCCCCCCCCCCC(C)CC)OC(=O)CCCCCCCCCCCCCCCCCC(C)C. The number of carbonyl (C=O) groups is 4. The normalized spacial score (nSPS) is 14.1. The molecule has 0 saturated carbocycles. The number of aliphatic hydroxyl groups is 1. The predicted molar refractivity (Wildman–Crippen MR) is 432 cm³/mol. The molecule has 0 aromatic heterocycles. The molecule has 0 heterocycles. The maximum absolute atomic E-state index is 13.1. The Morgan fingerprint density at radius 1 is 0.276 bits per heavy atom. The molecule has 19 heteroatoms. The molecular formula is C86H168O17P2. The summed E-state index contributed by atoms with van der Waals surface area (Å²) in [4.78, 5) is 73.1. The van der Waals surface area contributed by atoms with E-state index in [0.29, 0.717) is 25.7 Å². The molecule has 0 saturated heterocycles. The number of hydrogen-bond acceptors (Lipinski definition) is 15. The van der Waals surface area contributed by atoms with Crippen LogP contribution in [0, 0.1) is 17.8 Å². The Kier molecular flexibility index (Phi) is 74.7. The van der Waals surface area contributed by atoms with Crippen LogP contribution < -0.4 is 0 Å². The van der Waals surface area contributed by atoms with Crippen LogP contribution in [0.2, 0.25) is 0 Å². The van der Waals surface area contributed by atoms with Crippen molar-refractivity contribution >= 4 is 39.5 Å². The van der Waals surface area contributed by atoms with Gasteiger partial charge in [-0.2, -0.15) is 0 Å². The molecule has 0 radical (unpaired) electrons. The third kappa shape index (κ3) is 78.5. The number of ether oxygens (including phenoxy) is 4. The Bertz CT molecular complexity index is 2030. The fourth-order valence-electron chi connectivity index (χ4n) is 13.3. The Hall–Kier alpha value is -1.94. The number of phosphoric ester groups is 2. The second-order valence-electron chi connectivity index (χ2n) is 32.1. The van der Waals surface area contributed by atoms with Crippen LogP contribution in [-0.2, 0) is 65.4 Å². The minimum Gasteiger partial charge on any atom is -0.462 e. The lowest BCUT2D eigenvalue weighted by atomic mass is 9.99. The fraction of sp³-hybridized carbons (Fsp3) is 0.953. The van der Waals surface area contributed by atoms with Crippen LogP contribution in [0.5, 0.6) is 0 Å². The van der Waals surface area contributed by atoms with Gasteiger partial charge in [0, 0.05) is 25.7 Å². The Morgan fingerprint density at radius 2 is 0.486 bits per heavy atom. The van der Waals surface area contributed by atoms with E-state index in [2.05, 4.69) is 48.5 Å². The summed E-state index contributed by atoms with van der Waals surface area (Å²) in [5, 5.41) is 10.7. The van der Waals surface area contributed by atoms with E-state index >= 15 is 0 Å². The van der Waals surface area contributed by atoms with Gasteiger partial charge in [-0.3, -0.25) is 37.3 Å². The van der Waals surface area contributed by atoms with Crippen LogP contribution in [0.15, 0.2) is 0 Å². The number of aliphatic hydroxyl groups excluding tert-OH is 1. The fourth-order valence-corrected chi connectivity index (χ4v) is 14.9. The predicted octanol–water partition coefficient (Wildman–Crippen LogP) is 26.1. The van der Waals surface area contributed by atoms with Crippen molar-refractivity contribution in [1.82, 2.24) is 0 Å². The maximum atomic E-state index is 13.1. The zero-order chi connectivity index (χ0) is 77.2. The Balaban J connectivity index is 5.16. The van der Waals surface area contributed by atoms with E-state index in [1.54, 1.807) is 0 Å². The smallest absolute Gasteiger partial charge is 0.462 e. The summed E-state index contributed by atoms with van der Waals surface area (Å²) in [5.41, 5.74) is 0. The summed E-state index contributed by atoms with van der Waals surface area (Å²) in [5.74, 6) is 0.371. The van der Waals surface area contributed by atoms with E-state index in [1.165, 1.54) is 250 Å². The molecule has 105 heavy (non-hydrogen) atoms. The van der Waals surface area contributed by atoms with Crippen molar-refractivity contribution in [1.29, 1.82) is 0 Å². The van der Waals surface area contributed by atoms with E-state index < -0.39 is 97.5 Å². The number of unbranched alkanes of at least 4 members (excludes halogenated alkanes) is 51. The van der Waals surface area contributed by atoms with Gasteiger partial charge >= 0.3 is 39.5 Å². The van der Waals surface area contributed by atoms with Crippen LogP contribution in [0.4, 0.5) is 0 Å². The molecule has 0 fully saturated rings. The highest BCUT2D eigenvalue weighted by Gasteiger charge is 2.30. The van der Waals surface area contributed by atoms with Gasteiger partial charge in [-0.1, -0.05) is 402 Å². The molecular weight excluding hydrogens is 1370 g/mol. The molecule has 0 aliphatic carbocycles. The zero-order valence-corrected chi connectivity index (χ0v) is 71.0. The minimum atomic E-state index is -4.96. The molecule has 6 atom stereocenters. The van der Waals surface area contributed by atoms with Crippen molar-refractivity contribution in [3.63, 3.8) is 0 Å². The van der Waals surface area contributed by atoms with Crippen molar-refractivity contribution in [3.05, 3.63) is 0 Å². The molecule has 0 spiro atoms. The molecule has 0 amide bonds. The van der Waals surface area contributed by atoms with Gasteiger partial charge in [-0.15, -0.1) is 0 Å². The number of hydrogen-bond donors (Lipinski definition) is 3. The highest BCUT2D eigenvalue weighted by molar-refractivity contribution is 7.47. The third-order valence-electron chi connectivity index (χ3n) is 20.5. The lowest BCUT2D eigenvalue weighted by Crippen LogP contribution is -2.30. The average Bonchev–Trinajstić information content (AvgIpc) is 0.904. The number of phosphoric acid groups is 2. The average molecular weight is 1540 g/mol. The molecule has 17 nitrogen and oxygen atoms in total. The van der Waals surface area contributed by atoms with Gasteiger partial charge in [-0.25, -0.2) is 9.13 Å². The van der Waals surface area contributed by atoms with Gasteiger partial charge < -0.3 is 33.8 Å². The van der Waals surface area contributed by atoms with Crippen LogP contribution in [0.3, 0.4) is 0 Å². The van der Waals surface area contributed by atoms with Crippen molar-refractivity contribution in [2.45, 2.75) is 471 Å². The second kappa shape index (κ2) is 76.1. The molecule has 3 unspecified atom stereocenters. The number of carbonyl (C=O) groups excluding carboxylic acids is 4. The summed E-state index contributed by atoms with van der Waals surface area (Å²) in [6, 6.07) is 0. The van der Waals surface area contributed by atoms with Gasteiger partial charge in [0.05, 0.1) is 26.4 Å². The van der Waals surface area contributed by atoms with Gasteiger partial charge in [0.1, 0.15) is 19.3 Å². The monoisotopic (exact) mass is 1540 g/mol. The standard InChI is InChI=1S/C86H168O17P2/c1-8-10-11-12-43-53-60-67-83(88)96-73-81(102-85(90)69-63-56-49-42-36-30-24-18-20-26-32-38-45-51-58-65-78(5)6)75-100-104(92,93)98-71-80(87)72-99-105(94,95)101-76-82(74-97-84(89)68-61-54-47-40-34-28-23-17-19-25-31-37-44-50-57-64-77(3)4)103-86(91)70-62-55-48-41-35-29-22-16-14-13-15-21-27-33-39-46-52-59-66-79(7)9-2/h77-82,87H,8-76H2,1-7H3,(H,92,93)(H,94,95)/t79?,80-,81+,82+/m0/s1. The van der Waals surface area contributed by atoms with Gasteiger partial charge in [0.25, 0.3) is 0 Å². The third-order valence-corrected chi connectivity index (χ3v) is 22.4. The lowest BCUT2D eigenvalue weighted by Gasteiger charge is -2.21. The first-order valence-electron chi connectivity index (χ1n) is 44.4. The first kappa shape index (κ1) is 103. The quantitative estimate of drug-likeness (QED) is 0.0222. The van der Waals surface area contributed by atoms with E-state index in [4.69, 9.17) is 37.0 Å². The molecule has 0 aliphatic rings. The van der Waals surface area contributed by atoms with Crippen molar-refractivity contribution in [2.75, 3.05) is 39.6 Å². The van der Waals surface area contributed by atoms with E-state index in [0.717, 1.165) is 120 Å². The van der Waals surface area contributed by atoms with Crippen molar-refractivity contribution in [3.8, 4) is 0 Å². The molecule has 0 bridgehead atoms. The zero-order valence-electron chi connectivity index (χ0n) is 69.2. The van der Waals surface area contributed by atoms with Crippen LogP contribution >= 0.6 is 15.6 Å². The Morgan fingerprint density at radius 3 is 0.724 bits per heavy atom. The first-order valence-corrected chi connectivity index (χ1v) is 47.4. The van der Waals surface area contributed by atoms with Crippen LogP contribution in [-0.4, -0.2) is 96.7 Å². The Labute approximate surface area is 645 Å². The van der Waals surface area contributed by atoms with Gasteiger partial charge in [0.2, 0.25) is 0 Å². The lowest BCUT2D eigenvalue weighted by molar-refractivity contribution is -0.161. The highest BCUT2D eigenvalue weighted by Crippen LogP contribution is 2.45. The van der Waals surface area contributed by atoms with Gasteiger partial charge in [-0.05, 0) is 43.4 Å². The largest absolute Gasteiger partial charge is 0.472 e. The minimum absolute atomic E-state index is 0.107. The highest BCUT2D eigenvalue weighted by atomic mass is 31.2. The molecule has 624 valence electrons.